The maximum Gasteiger partial charge on any atom is 0.332 e. The number of carbonyl (C=O) groups is 2. The lowest BCUT2D eigenvalue weighted by Gasteiger charge is -2.32. The number of carboxylic acids is 1. The van der Waals surface area contributed by atoms with Crippen molar-refractivity contribution in [3.63, 3.8) is 0 Å². The fourth-order valence-corrected chi connectivity index (χ4v) is 1.67. The largest absolute Gasteiger partial charge is 0.479 e. The Morgan fingerprint density at radius 3 is 1.90 bits per heavy atom. The quantitative estimate of drug-likeness (QED) is 0.208. The summed E-state index contributed by atoms with van der Waals surface area (Å²) in [6.45, 7) is 0.174. The Labute approximate surface area is 120 Å². The fraction of sp³-hybridized carbons (Fsp3) is 0.818. The van der Waals surface area contributed by atoms with Gasteiger partial charge in [-0.1, -0.05) is 0 Å². The molecule has 0 heterocycles. The lowest BCUT2D eigenvalue weighted by atomic mass is 9.93. The first-order valence-corrected chi connectivity index (χ1v) is 6.12. The van der Waals surface area contributed by atoms with E-state index in [9.17, 15) is 30.0 Å². The molecule has 6 atom stereocenters. The van der Waals surface area contributed by atoms with Crippen LogP contribution < -0.4 is 5.32 Å². The Hall–Kier alpha value is -1.30. The first kappa shape index (κ1) is 19.7. The Kier molecular flexibility index (Phi) is 8.32. The minimum atomic E-state index is -1.94. The van der Waals surface area contributed by atoms with Crippen LogP contribution in [0.5, 0.6) is 0 Å². The van der Waals surface area contributed by atoms with Crippen LogP contribution in [0.25, 0.3) is 0 Å². The third-order valence-corrected chi connectivity index (χ3v) is 2.83. The van der Waals surface area contributed by atoms with Gasteiger partial charge >= 0.3 is 5.97 Å². The van der Waals surface area contributed by atoms with Gasteiger partial charge in [-0.2, -0.15) is 0 Å². The number of hydrogen-bond donors (Lipinski definition) is 8. The van der Waals surface area contributed by atoms with Gasteiger partial charge in [0.15, 0.2) is 6.10 Å². The van der Waals surface area contributed by atoms with Gasteiger partial charge in [0, 0.05) is 13.3 Å². The zero-order valence-corrected chi connectivity index (χ0v) is 11.3. The highest BCUT2D eigenvalue weighted by atomic mass is 16.4. The molecule has 0 spiro atoms. The molecule has 0 unspecified atom stereocenters. The predicted molar refractivity (Wildman–Crippen MR) is 67.0 cm³/mol. The highest BCUT2D eigenvalue weighted by Crippen LogP contribution is 2.13. The van der Waals surface area contributed by atoms with Crippen molar-refractivity contribution in [2.75, 3.05) is 6.61 Å². The van der Waals surface area contributed by atoms with E-state index in [2.05, 4.69) is 5.32 Å². The number of nitrogens with one attached hydrogen (secondary N) is 1. The molecule has 0 saturated heterocycles. The molecular formula is C11H21NO9. The van der Waals surface area contributed by atoms with E-state index in [0.717, 1.165) is 6.92 Å². The molecule has 0 bridgehead atoms. The van der Waals surface area contributed by atoms with E-state index in [1.165, 1.54) is 0 Å². The number of carbonyl (C=O) groups excluding carboxylic acids is 1. The summed E-state index contributed by atoms with van der Waals surface area (Å²) in [5, 5.41) is 66.9. The maximum atomic E-state index is 11.0. The Bertz CT molecular complexity index is 351. The van der Waals surface area contributed by atoms with Crippen LogP contribution in [-0.2, 0) is 9.59 Å². The van der Waals surface area contributed by atoms with Crippen molar-refractivity contribution in [1.29, 1.82) is 0 Å². The monoisotopic (exact) mass is 311 g/mol. The molecule has 0 aliphatic rings. The van der Waals surface area contributed by atoms with E-state index in [0.29, 0.717) is 0 Å². The van der Waals surface area contributed by atoms with Crippen molar-refractivity contribution in [2.24, 2.45) is 0 Å². The molecule has 0 fully saturated rings. The molecule has 0 aromatic rings. The van der Waals surface area contributed by atoms with Crippen LogP contribution in [-0.4, -0.2) is 90.8 Å². The highest BCUT2D eigenvalue weighted by Gasteiger charge is 2.37. The number of aliphatic carboxylic acids is 1. The van der Waals surface area contributed by atoms with Gasteiger partial charge in [0.1, 0.15) is 18.3 Å². The second kappa shape index (κ2) is 8.87. The number of hydrogen-bond acceptors (Lipinski definition) is 8. The summed E-state index contributed by atoms with van der Waals surface area (Å²) in [7, 11) is 0. The van der Waals surface area contributed by atoms with Crippen molar-refractivity contribution in [2.45, 2.75) is 49.9 Å². The zero-order valence-electron chi connectivity index (χ0n) is 11.3. The van der Waals surface area contributed by atoms with Gasteiger partial charge in [-0.25, -0.2) is 4.79 Å². The van der Waals surface area contributed by atoms with Gasteiger partial charge in [-0.05, 0) is 0 Å². The molecule has 1 amide bonds. The summed E-state index contributed by atoms with van der Waals surface area (Å²) >= 11 is 0. The highest BCUT2D eigenvalue weighted by molar-refractivity contribution is 5.73. The van der Waals surface area contributed by atoms with Crippen molar-refractivity contribution >= 4 is 11.9 Å². The molecule has 0 aliphatic carbocycles. The number of amides is 1. The molecule has 10 heteroatoms. The van der Waals surface area contributed by atoms with Gasteiger partial charge < -0.3 is 41.1 Å². The van der Waals surface area contributed by atoms with Crippen LogP contribution in [0.2, 0.25) is 0 Å². The molecule has 0 rings (SSSR count). The third kappa shape index (κ3) is 6.33. The van der Waals surface area contributed by atoms with Crippen molar-refractivity contribution in [3.05, 3.63) is 0 Å². The van der Waals surface area contributed by atoms with Crippen LogP contribution in [0.15, 0.2) is 0 Å². The van der Waals surface area contributed by atoms with Crippen molar-refractivity contribution in [1.82, 2.24) is 5.32 Å². The molecule has 124 valence electrons. The van der Waals surface area contributed by atoms with E-state index in [1.54, 1.807) is 0 Å². The lowest BCUT2D eigenvalue weighted by molar-refractivity contribution is -0.149. The molecule has 21 heavy (non-hydrogen) atoms. The lowest BCUT2D eigenvalue weighted by Crippen LogP contribution is -2.58. The predicted octanol–water partition coefficient (Wildman–Crippen LogP) is -4.24. The van der Waals surface area contributed by atoms with Crippen molar-refractivity contribution < 1.29 is 45.3 Å². The van der Waals surface area contributed by atoms with Crippen LogP contribution in [0.4, 0.5) is 0 Å². The van der Waals surface area contributed by atoms with E-state index >= 15 is 0 Å². The SMILES string of the molecule is CC(=O)N[C@@H]([C@@H](O)[C@H](O)[C@H](O)CO)[C@@H](O)C[C@H](O)C(=O)O. The van der Waals surface area contributed by atoms with Gasteiger partial charge in [0.25, 0.3) is 0 Å². The minimum absolute atomic E-state index is 0.700. The molecule has 0 aliphatic heterocycles. The van der Waals surface area contributed by atoms with Crippen LogP contribution in [0.1, 0.15) is 13.3 Å². The van der Waals surface area contributed by atoms with Crippen LogP contribution in [0, 0.1) is 0 Å². The average molecular weight is 311 g/mol. The Morgan fingerprint density at radius 1 is 1.00 bits per heavy atom. The third-order valence-electron chi connectivity index (χ3n) is 2.83. The van der Waals surface area contributed by atoms with Gasteiger partial charge in [-0.3, -0.25) is 4.79 Å². The number of aliphatic hydroxyl groups excluding tert-OH is 6. The fourth-order valence-electron chi connectivity index (χ4n) is 1.67. The minimum Gasteiger partial charge on any atom is -0.479 e. The first-order chi connectivity index (χ1) is 9.61. The van der Waals surface area contributed by atoms with Gasteiger partial charge in [0.05, 0.1) is 18.8 Å². The summed E-state index contributed by atoms with van der Waals surface area (Å²) < 4.78 is 0. The second-order valence-electron chi connectivity index (χ2n) is 4.61. The average Bonchev–Trinajstić information content (AvgIpc) is 2.41. The Morgan fingerprint density at radius 2 is 1.52 bits per heavy atom. The van der Waals surface area contributed by atoms with Gasteiger partial charge in [-0.15, -0.1) is 0 Å². The van der Waals surface area contributed by atoms with E-state index in [1.807, 2.05) is 0 Å². The molecule has 0 aromatic heterocycles. The molecular weight excluding hydrogens is 290 g/mol. The Balaban J connectivity index is 5.00. The molecule has 0 aromatic carbocycles. The molecule has 10 nitrogen and oxygen atoms in total. The molecule has 0 saturated carbocycles. The molecule has 0 radical (unpaired) electrons. The van der Waals surface area contributed by atoms with Crippen LogP contribution in [0.3, 0.4) is 0 Å². The van der Waals surface area contributed by atoms with E-state index in [-0.39, 0.29) is 0 Å². The summed E-state index contributed by atoms with van der Waals surface area (Å²) in [6.07, 6.45) is -9.90. The number of rotatable bonds is 9. The summed E-state index contributed by atoms with van der Waals surface area (Å²) in [5.74, 6) is -2.31. The second-order valence-corrected chi connectivity index (χ2v) is 4.61. The zero-order chi connectivity index (χ0) is 16.7. The summed E-state index contributed by atoms with van der Waals surface area (Å²) in [4.78, 5) is 21.5. The summed E-state index contributed by atoms with van der Waals surface area (Å²) in [6, 6.07) is -1.55. The van der Waals surface area contributed by atoms with Crippen molar-refractivity contribution in [3.8, 4) is 0 Å². The standard InChI is InChI=1S/C11H21NO9/c1-4(14)12-8(5(15)2-6(16)11(20)21)10(19)9(18)7(17)3-13/h5-10,13,15-19H,2-3H2,1H3,(H,12,14)(H,20,21)/t5-,6-,7+,8+,9+,10+/m0/s1. The summed E-state index contributed by atoms with van der Waals surface area (Å²) in [5.41, 5.74) is 0. The number of carboxylic acid groups (broad SMARTS) is 1. The normalized spacial score (nSPS) is 20.0. The number of aliphatic hydroxyl groups is 6. The van der Waals surface area contributed by atoms with E-state index in [4.69, 9.17) is 15.3 Å². The maximum absolute atomic E-state index is 11.0. The molecule has 8 N–H and O–H groups in total. The first-order valence-electron chi connectivity index (χ1n) is 6.12. The smallest absolute Gasteiger partial charge is 0.332 e. The van der Waals surface area contributed by atoms with E-state index < -0.39 is 61.5 Å². The van der Waals surface area contributed by atoms with Gasteiger partial charge in [0.2, 0.25) is 5.91 Å². The van der Waals surface area contributed by atoms with Crippen LogP contribution >= 0.6 is 0 Å². The topological polar surface area (TPSA) is 188 Å².